The van der Waals surface area contributed by atoms with Crippen LogP contribution in [0.25, 0.3) is 0 Å². The molecule has 1 atom stereocenters. The van der Waals surface area contributed by atoms with E-state index in [2.05, 4.69) is 19.2 Å². The van der Waals surface area contributed by atoms with Crippen LogP contribution in [-0.2, 0) is 4.79 Å². The lowest BCUT2D eigenvalue weighted by Crippen LogP contribution is -2.30. The minimum Gasteiger partial charge on any atom is -0.508 e. The van der Waals surface area contributed by atoms with Gasteiger partial charge in [0.15, 0.2) is 0 Å². The number of carbonyl (C=O) groups is 1. The van der Waals surface area contributed by atoms with Crippen LogP contribution in [0.4, 0.5) is 5.69 Å². The van der Waals surface area contributed by atoms with Gasteiger partial charge < -0.3 is 10.4 Å². The second kappa shape index (κ2) is 4.63. The highest BCUT2D eigenvalue weighted by Gasteiger charge is 2.39. The molecular weight excluding hydrogens is 226 g/mol. The van der Waals surface area contributed by atoms with Gasteiger partial charge in [0.1, 0.15) is 5.75 Å². The second-order valence-electron chi connectivity index (χ2n) is 5.92. The Bertz CT molecular complexity index is 466. The van der Waals surface area contributed by atoms with Gasteiger partial charge in [-0.25, -0.2) is 0 Å². The normalized spacial score (nSPS) is 21.8. The van der Waals surface area contributed by atoms with Crippen LogP contribution in [-0.4, -0.2) is 11.0 Å². The van der Waals surface area contributed by atoms with Gasteiger partial charge in [0.25, 0.3) is 0 Å². The van der Waals surface area contributed by atoms with E-state index in [4.69, 9.17) is 0 Å². The molecule has 3 nitrogen and oxygen atoms in total. The molecule has 2 N–H and O–H groups in total. The van der Waals surface area contributed by atoms with Crippen LogP contribution in [0.3, 0.4) is 0 Å². The molecule has 0 heterocycles. The number of aryl methyl sites for hydroxylation is 1. The maximum atomic E-state index is 12.2. The number of rotatable bonds is 2. The van der Waals surface area contributed by atoms with Gasteiger partial charge in [-0.05, 0) is 36.8 Å². The summed E-state index contributed by atoms with van der Waals surface area (Å²) in [6.45, 7) is 6.13. The number of hydrogen-bond acceptors (Lipinski definition) is 2. The lowest BCUT2D eigenvalue weighted by Gasteiger charge is -2.25. The van der Waals surface area contributed by atoms with E-state index in [1.165, 1.54) is 0 Å². The molecule has 18 heavy (non-hydrogen) atoms. The van der Waals surface area contributed by atoms with Gasteiger partial charge in [-0.1, -0.05) is 26.3 Å². The number of carbonyl (C=O) groups excluding carboxylic acids is 1. The third kappa shape index (κ3) is 2.50. The number of benzene rings is 1. The maximum Gasteiger partial charge on any atom is 0.228 e. The van der Waals surface area contributed by atoms with E-state index in [0.29, 0.717) is 5.69 Å². The molecular formula is C15H21NO2. The van der Waals surface area contributed by atoms with Crippen molar-refractivity contribution in [3.05, 3.63) is 23.8 Å². The highest BCUT2D eigenvalue weighted by Crippen LogP contribution is 2.43. The van der Waals surface area contributed by atoms with Crippen molar-refractivity contribution in [2.75, 3.05) is 5.32 Å². The van der Waals surface area contributed by atoms with Crippen molar-refractivity contribution >= 4 is 11.6 Å². The molecule has 1 fully saturated rings. The molecule has 0 aliphatic heterocycles. The first-order chi connectivity index (χ1) is 8.40. The number of hydrogen-bond donors (Lipinski definition) is 2. The van der Waals surface area contributed by atoms with E-state index in [1.807, 2.05) is 19.1 Å². The van der Waals surface area contributed by atoms with Crippen molar-refractivity contribution in [3.8, 4) is 5.75 Å². The van der Waals surface area contributed by atoms with E-state index in [9.17, 15) is 9.90 Å². The highest BCUT2D eigenvalue weighted by molar-refractivity contribution is 5.93. The molecule has 0 radical (unpaired) electrons. The molecule has 1 aromatic rings. The number of phenolic OH excluding ortho intramolecular Hbond substituents is 1. The fourth-order valence-corrected chi connectivity index (χ4v) is 2.73. The third-order valence-electron chi connectivity index (χ3n) is 4.05. The molecule has 1 saturated carbocycles. The summed E-state index contributed by atoms with van der Waals surface area (Å²) < 4.78 is 0. The Morgan fingerprint density at radius 2 is 2.17 bits per heavy atom. The molecule has 98 valence electrons. The average Bonchev–Trinajstić information content (AvgIpc) is 2.63. The number of nitrogens with one attached hydrogen (secondary N) is 1. The van der Waals surface area contributed by atoms with Crippen LogP contribution < -0.4 is 5.32 Å². The summed E-state index contributed by atoms with van der Waals surface area (Å²) in [7, 11) is 0. The lowest BCUT2D eigenvalue weighted by molar-refractivity contribution is -0.122. The first kappa shape index (κ1) is 12.9. The van der Waals surface area contributed by atoms with Gasteiger partial charge in [0, 0.05) is 17.7 Å². The molecule has 0 bridgehead atoms. The van der Waals surface area contributed by atoms with Crippen LogP contribution in [0.1, 0.15) is 38.7 Å². The summed E-state index contributed by atoms with van der Waals surface area (Å²) in [5, 5.41) is 12.5. The summed E-state index contributed by atoms with van der Waals surface area (Å²) in [4.78, 5) is 12.2. The van der Waals surface area contributed by atoms with Crippen molar-refractivity contribution in [1.29, 1.82) is 0 Å². The highest BCUT2D eigenvalue weighted by atomic mass is 16.3. The molecule has 0 aromatic heterocycles. The Hall–Kier alpha value is -1.51. The molecule has 0 saturated heterocycles. The van der Waals surface area contributed by atoms with Crippen LogP contribution in [0.5, 0.6) is 5.75 Å². The predicted molar refractivity (Wildman–Crippen MR) is 72.6 cm³/mol. The van der Waals surface area contributed by atoms with Gasteiger partial charge in [-0.15, -0.1) is 0 Å². The topological polar surface area (TPSA) is 49.3 Å². The quantitative estimate of drug-likeness (QED) is 0.840. The second-order valence-corrected chi connectivity index (χ2v) is 5.92. The van der Waals surface area contributed by atoms with E-state index >= 15 is 0 Å². The molecule has 1 aliphatic carbocycles. The third-order valence-corrected chi connectivity index (χ3v) is 4.05. The molecule has 2 rings (SSSR count). The van der Waals surface area contributed by atoms with E-state index in [1.54, 1.807) is 6.07 Å². The largest absolute Gasteiger partial charge is 0.508 e. The standard InChI is InChI=1S/C15H21NO2/c1-10-6-7-11(9-13(10)17)16-14(18)12-5-4-8-15(12,2)3/h6-7,9,12,17H,4-5,8H2,1-3H3,(H,16,18). The number of phenols is 1. The summed E-state index contributed by atoms with van der Waals surface area (Å²) in [5.41, 5.74) is 1.57. The Balaban J connectivity index is 2.09. The summed E-state index contributed by atoms with van der Waals surface area (Å²) in [6.07, 6.45) is 3.17. The van der Waals surface area contributed by atoms with Crippen molar-refractivity contribution in [2.45, 2.75) is 40.0 Å². The maximum absolute atomic E-state index is 12.2. The van der Waals surface area contributed by atoms with E-state index in [-0.39, 0.29) is 23.0 Å². The van der Waals surface area contributed by atoms with E-state index in [0.717, 1.165) is 24.8 Å². The van der Waals surface area contributed by atoms with Gasteiger partial charge in [0.2, 0.25) is 5.91 Å². The predicted octanol–water partition coefficient (Wildman–Crippen LogP) is 3.47. The monoisotopic (exact) mass is 247 g/mol. The van der Waals surface area contributed by atoms with Crippen LogP contribution in [0.2, 0.25) is 0 Å². The number of aromatic hydroxyl groups is 1. The fraction of sp³-hybridized carbons (Fsp3) is 0.533. The smallest absolute Gasteiger partial charge is 0.228 e. The zero-order valence-electron chi connectivity index (χ0n) is 11.3. The van der Waals surface area contributed by atoms with Crippen molar-refractivity contribution in [1.82, 2.24) is 0 Å². The van der Waals surface area contributed by atoms with Crippen molar-refractivity contribution in [2.24, 2.45) is 11.3 Å². The summed E-state index contributed by atoms with van der Waals surface area (Å²) in [5.74, 6) is 0.361. The van der Waals surface area contributed by atoms with Gasteiger partial charge in [-0.2, -0.15) is 0 Å². The molecule has 0 spiro atoms. The first-order valence-electron chi connectivity index (χ1n) is 6.50. The lowest BCUT2D eigenvalue weighted by atomic mass is 9.81. The number of amides is 1. The zero-order valence-corrected chi connectivity index (χ0v) is 11.3. The summed E-state index contributed by atoms with van der Waals surface area (Å²) in [6, 6.07) is 5.24. The van der Waals surface area contributed by atoms with Crippen LogP contribution in [0, 0.1) is 18.3 Å². The van der Waals surface area contributed by atoms with Gasteiger partial charge in [0.05, 0.1) is 0 Å². The molecule has 1 aliphatic rings. The Morgan fingerprint density at radius 3 is 2.72 bits per heavy atom. The molecule has 1 unspecified atom stereocenters. The fourth-order valence-electron chi connectivity index (χ4n) is 2.73. The van der Waals surface area contributed by atoms with Crippen LogP contribution in [0.15, 0.2) is 18.2 Å². The molecule has 1 amide bonds. The Kier molecular flexibility index (Phi) is 3.33. The van der Waals surface area contributed by atoms with Crippen LogP contribution >= 0.6 is 0 Å². The van der Waals surface area contributed by atoms with Gasteiger partial charge >= 0.3 is 0 Å². The van der Waals surface area contributed by atoms with Crippen molar-refractivity contribution in [3.63, 3.8) is 0 Å². The minimum atomic E-state index is 0.0701. The molecule has 1 aromatic carbocycles. The number of anilines is 1. The molecule has 3 heteroatoms. The first-order valence-corrected chi connectivity index (χ1v) is 6.50. The zero-order chi connectivity index (χ0) is 13.3. The average molecular weight is 247 g/mol. The Morgan fingerprint density at radius 1 is 1.44 bits per heavy atom. The van der Waals surface area contributed by atoms with Crippen molar-refractivity contribution < 1.29 is 9.90 Å². The van der Waals surface area contributed by atoms with Gasteiger partial charge in [-0.3, -0.25) is 4.79 Å². The SMILES string of the molecule is Cc1ccc(NC(=O)C2CCCC2(C)C)cc1O. The van der Waals surface area contributed by atoms with E-state index < -0.39 is 0 Å². The Labute approximate surface area is 108 Å². The summed E-state index contributed by atoms with van der Waals surface area (Å²) >= 11 is 0. The minimum absolute atomic E-state index is 0.0701.